The second-order valence-electron chi connectivity index (χ2n) is 14.4. The van der Waals surface area contributed by atoms with Gasteiger partial charge >= 0.3 is 0 Å². The molecule has 0 saturated heterocycles. The minimum Gasteiger partial charge on any atom is -0.456 e. The molecule has 12 rings (SSSR count). The molecule has 8 aromatic carbocycles. The molecular weight excluding hydrogens is 717 g/mol. The number of hydrogen-bond donors (Lipinski definition) is 0. The van der Waals surface area contributed by atoms with Gasteiger partial charge in [0.1, 0.15) is 11.2 Å². The molecule has 0 N–H and O–H groups in total. The number of hydrogen-bond acceptors (Lipinski definition) is 5. The normalized spacial score (nSPS) is 11.9. The summed E-state index contributed by atoms with van der Waals surface area (Å²) >= 11 is 1.85. The fourth-order valence-corrected chi connectivity index (χ4v) is 9.50. The zero-order valence-electron chi connectivity index (χ0n) is 30.4. The third kappa shape index (κ3) is 5.19. The fourth-order valence-electron chi connectivity index (χ4n) is 8.32. The number of thiophene rings is 1. The topological polar surface area (TPSA) is 56.7 Å². The second kappa shape index (κ2) is 12.6. The Bertz CT molecular complexity index is 3420. The van der Waals surface area contributed by atoms with E-state index in [2.05, 4.69) is 114 Å². The minimum atomic E-state index is 0.617. The van der Waals surface area contributed by atoms with E-state index in [0.29, 0.717) is 17.5 Å². The third-order valence-corrected chi connectivity index (χ3v) is 12.2. The van der Waals surface area contributed by atoms with Crippen molar-refractivity contribution in [3.63, 3.8) is 0 Å². The Morgan fingerprint density at radius 2 is 0.825 bits per heavy atom. The van der Waals surface area contributed by atoms with E-state index in [-0.39, 0.29) is 0 Å². The maximum atomic E-state index is 6.37. The van der Waals surface area contributed by atoms with Gasteiger partial charge in [0.2, 0.25) is 0 Å². The van der Waals surface area contributed by atoms with Crippen LogP contribution in [-0.2, 0) is 0 Å². The Kier molecular flexibility index (Phi) is 7.03. The van der Waals surface area contributed by atoms with Crippen molar-refractivity contribution in [3.05, 3.63) is 182 Å². The Hall–Kier alpha value is -7.41. The quantitative estimate of drug-likeness (QED) is 0.176. The lowest BCUT2D eigenvalue weighted by atomic mass is 10.0. The average molecular weight is 747 g/mol. The molecular formula is C51H30N4OS. The maximum Gasteiger partial charge on any atom is 0.164 e. The summed E-state index contributed by atoms with van der Waals surface area (Å²) in [5.74, 6) is 1.89. The number of furan rings is 1. The molecule has 0 aliphatic rings. The number of rotatable bonds is 5. The van der Waals surface area contributed by atoms with Gasteiger partial charge in [-0.2, -0.15) is 0 Å². The van der Waals surface area contributed by atoms with Crippen LogP contribution < -0.4 is 0 Å². The van der Waals surface area contributed by atoms with E-state index in [1.165, 1.54) is 53.2 Å². The lowest BCUT2D eigenvalue weighted by Gasteiger charge is -2.08. The summed E-state index contributed by atoms with van der Waals surface area (Å²) in [5, 5.41) is 7.17. The highest BCUT2D eigenvalue weighted by molar-refractivity contribution is 7.25. The van der Waals surface area contributed by atoms with Crippen LogP contribution in [0.5, 0.6) is 0 Å². The summed E-state index contributed by atoms with van der Waals surface area (Å²) in [5.41, 5.74) is 10.4. The van der Waals surface area contributed by atoms with Gasteiger partial charge in [-0.1, -0.05) is 121 Å². The Balaban J connectivity index is 0.948. The molecule has 0 spiro atoms. The summed E-state index contributed by atoms with van der Waals surface area (Å²) in [7, 11) is 0. The highest BCUT2D eigenvalue weighted by Crippen LogP contribution is 2.41. The van der Waals surface area contributed by atoms with Gasteiger partial charge in [0, 0.05) is 64.1 Å². The maximum absolute atomic E-state index is 6.37. The van der Waals surface area contributed by atoms with Crippen molar-refractivity contribution in [1.82, 2.24) is 19.5 Å². The Labute approximate surface area is 330 Å². The summed E-state index contributed by atoms with van der Waals surface area (Å²) in [4.78, 5) is 14.8. The summed E-state index contributed by atoms with van der Waals surface area (Å²) in [6.45, 7) is 0. The molecule has 0 aliphatic carbocycles. The smallest absolute Gasteiger partial charge is 0.164 e. The van der Waals surface area contributed by atoms with Gasteiger partial charge in [0.25, 0.3) is 0 Å². The molecule has 12 aromatic rings. The third-order valence-electron chi connectivity index (χ3n) is 11.1. The van der Waals surface area contributed by atoms with Gasteiger partial charge in [-0.15, -0.1) is 11.3 Å². The standard InChI is InChI=1S/C51H30N4OS/c1-3-11-31(12-4-1)49-52-50(32-13-5-2-6-14-32)54-51(53-49)35-21-26-46-42(28-35)41-27-33(20-25-45(41)56-46)34-19-23-39-40-24-22-36(30-48(40)57-47(39)29-34)55-43-17-9-7-15-37(43)38-16-8-10-18-44(38)55/h1-30H. The monoisotopic (exact) mass is 746 g/mol. The molecule has 0 saturated carbocycles. The van der Waals surface area contributed by atoms with E-state index in [0.717, 1.165) is 44.2 Å². The number of nitrogens with zero attached hydrogens (tertiary/aromatic N) is 4. The SMILES string of the molecule is c1ccc(-c2nc(-c3ccccc3)nc(-c3ccc4oc5ccc(-c6ccc7c(c6)sc6cc(-n8c9ccccc9c9ccccc98)ccc67)cc5c4c3)n2)cc1. The van der Waals surface area contributed by atoms with E-state index in [1.54, 1.807) is 0 Å². The van der Waals surface area contributed by atoms with Crippen LogP contribution >= 0.6 is 11.3 Å². The van der Waals surface area contributed by atoms with Crippen molar-refractivity contribution in [1.29, 1.82) is 0 Å². The molecule has 6 heteroatoms. The molecule has 57 heavy (non-hydrogen) atoms. The highest BCUT2D eigenvalue weighted by atomic mass is 32.1. The van der Waals surface area contributed by atoms with E-state index < -0.39 is 0 Å². The first kappa shape index (κ1) is 31.9. The van der Waals surface area contributed by atoms with Gasteiger partial charge in [0.05, 0.1) is 11.0 Å². The van der Waals surface area contributed by atoms with Crippen LogP contribution in [0.25, 0.3) is 115 Å². The van der Waals surface area contributed by atoms with Crippen LogP contribution in [0.4, 0.5) is 0 Å². The lowest BCUT2D eigenvalue weighted by Crippen LogP contribution is -2.00. The molecule has 0 unspecified atom stereocenters. The summed E-state index contributed by atoms with van der Waals surface area (Å²) < 4.78 is 11.3. The lowest BCUT2D eigenvalue weighted by molar-refractivity contribution is 0.669. The first-order valence-corrected chi connectivity index (χ1v) is 19.8. The van der Waals surface area contributed by atoms with Crippen LogP contribution in [0.1, 0.15) is 0 Å². The van der Waals surface area contributed by atoms with Gasteiger partial charge in [-0.3, -0.25) is 0 Å². The largest absolute Gasteiger partial charge is 0.456 e. The molecule has 0 aliphatic heterocycles. The van der Waals surface area contributed by atoms with E-state index in [4.69, 9.17) is 19.4 Å². The number of fused-ring (bicyclic) bond motifs is 9. The molecule has 0 fully saturated rings. The van der Waals surface area contributed by atoms with Crippen molar-refractivity contribution in [3.8, 4) is 51.0 Å². The molecule has 266 valence electrons. The summed E-state index contributed by atoms with van der Waals surface area (Å²) in [6, 6.07) is 63.9. The first-order valence-electron chi connectivity index (χ1n) is 19.0. The van der Waals surface area contributed by atoms with Crippen molar-refractivity contribution >= 4 is 75.3 Å². The van der Waals surface area contributed by atoms with Crippen molar-refractivity contribution in [2.75, 3.05) is 0 Å². The van der Waals surface area contributed by atoms with Crippen molar-refractivity contribution in [2.45, 2.75) is 0 Å². The van der Waals surface area contributed by atoms with Crippen LogP contribution in [0.3, 0.4) is 0 Å². The van der Waals surface area contributed by atoms with Crippen LogP contribution in [0.2, 0.25) is 0 Å². The number of para-hydroxylation sites is 2. The van der Waals surface area contributed by atoms with E-state index >= 15 is 0 Å². The predicted molar refractivity (Wildman–Crippen MR) is 236 cm³/mol. The molecule has 4 aromatic heterocycles. The number of benzene rings is 8. The Morgan fingerprint density at radius 3 is 1.46 bits per heavy atom. The highest BCUT2D eigenvalue weighted by Gasteiger charge is 2.17. The van der Waals surface area contributed by atoms with Gasteiger partial charge < -0.3 is 8.98 Å². The van der Waals surface area contributed by atoms with E-state index in [9.17, 15) is 0 Å². The Morgan fingerprint density at radius 1 is 0.351 bits per heavy atom. The van der Waals surface area contributed by atoms with Crippen molar-refractivity contribution in [2.24, 2.45) is 0 Å². The van der Waals surface area contributed by atoms with Gasteiger partial charge in [-0.25, -0.2) is 15.0 Å². The van der Waals surface area contributed by atoms with Crippen LogP contribution in [0, 0.1) is 0 Å². The van der Waals surface area contributed by atoms with Gasteiger partial charge in [0.15, 0.2) is 17.5 Å². The minimum absolute atomic E-state index is 0.617. The fraction of sp³-hybridized carbons (Fsp3) is 0. The molecule has 4 heterocycles. The van der Waals surface area contributed by atoms with E-state index in [1.807, 2.05) is 84.1 Å². The van der Waals surface area contributed by atoms with Crippen LogP contribution in [0.15, 0.2) is 186 Å². The molecule has 0 amide bonds. The van der Waals surface area contributed by atoms with Crippen molar-refractivity contribution < 1.29 is 4.42 Å². The predicted octanol–water partition coefficient (Wildman–Crippen LogP) is 13.9. The molecule has 0 radical (unpaired) electrons. The zero-order valence-corrected chi connectivity index (χ0v) is 31.2. The molecule has 5 nitrogen and oxygen atoms in total. The first-order chi connectivity index (χ1) is 28.2. The molecule has 0 bridgehead atoms. The van der Waals surface area contributed by atoms with Gasteiger partial charge in [-0.05, 0) is 71.8 Å². The molecule has 0 atom stereocenters. The zero-order chi connectivity index (χ0) is 37.5. The number of aromatic nitrogens is 4. The average Bonchev–Trinajstić information content (AvgIpc) is 3.95. The second-order valence-corrected chi connectivity index (χ2v) is 15.5. The summed E-state index contributed by atoms with van der Waals surface area (Å²) in [6.07, 6.45) is 0. The van der Waals surface area contributed by atoms with Crippen LogP contribution in [-0.4, -0.2) is 19.5 Å².